The minimum atomic E-state index is 0.0137. The van der Waals surface area contributed by atoms with Crippen LogP contribution in [0.1, 0.15) is 24.1 Å². The van der Waals surface area contributed by atoms with E-state index in [1.807, 2.05) is 25.1 Å². The van der Waals surface area contributed by atoms with E-state index in [0.29, 0.717) is 10.6 Å². The van der Waals surface area contributed by atoms with Gasteiger partial charge in [0.25, 0.3) is 0 Å². The van der Waals surface area contributed by atoms with E-state index in [9.17, 15) is 5.11 Å². The zero-order valence-corrected chi connectivity index (χ0v) is 11.1. The third-order valence-electron chi connectivity index (χ3n) is 2.84. The number of phenols is 1. The lowest BCUT2D eigenvalue weighted by molar-refractivity contribution is 0.474. The van der Waals surface area contributed by atoms with Gasteiger partial charge >= 0.3 is 0 Å². The fraction of sp³-hybridized carbons (Fsp3) is 0.133. The molecule has 19 heavy (non-hydrogen) atoms. The third-order valence-corrected chi connectivity index (χ3v) is 3.17. The number of benzene rings is 2. The molecule has 4 heteroatoms. The third kappa shape index (κ3) is 3.18. The van der Waals surface area contributed by atoms with Crippen LogP contribution in [0.2, 0.25) is 5.02 Å². The zero-order valence-electron chi connectivity index (χ0n) is 10.4. The normalized spacial score (nSPS) is 11.6. The van der Waals surface area contributed by atoms with Gasteiger partial charge in [-0.15, -0.1) is 0 Å². The molecule has 0 fully saturated rings. The Morgan fingerprint density at radius 3 is 2.74 bits per heavy atom. The first kappa shape index (κ1) is 13.3. The second-order valence-electron chi connectivity index (χ2n) is 4.27. The van der Waals surface area contributed by atoms with Gasteiger partial charge in [-0.25, -0.2) is 0 Å². The molecule has 2 rings (SSSR count). The highest BCUT2D eigenvalue weighted by Crippen LogP contribution is 2.25. The van der Waals surface area contributed by atoms with Gasteiger partial charge in [-0.05, 0) is 42.8 Å². The van der Waals surface area contributed by atoms with E-state index in [2.05, 4.69) is 5.32 Å². The lowest BCUT2D eigenvalue weighted by Gasteiger charge is -2.16. The average molecular weight is 273 g/mol. The molecule has 0 heterocycles. The molecule has 0 spiro atoms. The van der Waals surface area contributed by atoms with Gasteiger partial charge in [0.1, 0.15) is 11.8 Å². The van der Waals surface area contributed by atoms with Crippen LogP contribution in [0.3, 0.4) is 0 Å². The first-order valence-corrected chi connectivity index (χ1v) is 6.23. The maximum atomic E-state index is 9.46. The Balaban J connectivity index is 2.20. The molecule has 0 amide bonds. The summed E-state index contributed by atoms with van der Waals surface area (Å²) in [6, 6.07) is 14.3. The van der Waals surface area contributed by atoms with Gasteiger partial charge in [0, 0.05) is 11.7 Å². The number of nitrogens with one attached hydrogen (secondary N) is 1. The summed E-state index contributed by atoms with van der Waals surface area (Å²) in [5, 5.41) is 22.1. The quantitative estimate of drug-likeness (QED) is 0.885. The number of phenolic OH excluding ortho intramolecular Hbond substituents is 1. The Hall–Kier alpha value is -2.18. The highest BCUT2D eigenvalue weighted by atomic mass is 35.5. The number of anilines is 1. The molecular weight excluding hydrogens is 260 g/mol. The molecule has 2 aromatic rings. The predicted octanol–water partition coefficient (Wildman–Crippen LogP) is 4.09. The Morgan fingerprint density at radius 2 is 2.05 bits per heavy atom. The molecule has 1 atom stereocenters. The van der Waals surface area contributed by atoms with Gasteiger partial charge in [-0.1, -0.05) is 23.7 Å². The fourth-order valence-electron chi connectivity index (χ4n) is 1.83. The van der Waals surface area contributed by atoms with Crippen molar-refractivity contribution in [1.29, 1.82) is 5.26 Å². The van der Waals surface area contributed by atoms with Crippen LogP contribution >= 0.6 is 11.6 Å². The molecule has 2 N–H and O–H groups in total. The molecule has 0 aromatic heterocycles. The van der Waals surface area contributed by atoms with Gasteiger partial charge in [0.15, 0.2) is 0 Å². The molecule has 0 aliphatic heterocycles. The summed E-state index contributed by atoms with van der Waals surface area (Å²) < 4.78 is 0. The first-order chi connectivity index (χ1) is 9.10. The lowest BCUT2D eigenvalue weighted by atomic mass is 10.1. The topological polar surface area (TPSA) is 56.0 Å². The summed E-state index contributed by atoms with van der Waals surface area (Å²) in [6.45, 7) is 1.98. The standard InChI is InChI=1S/C15H13ClN2O/c1-10(11-3-2-4-14(19)8-11)18-13-5-6-15(16)12(7-13)9-17/h2-8,10,18-19H,1H3. The van der Waals surface area contributed by atoms with Crippen molar-refractivity contribution in [2.45, 2.75) is 13.0 Å². The highest BCUT2D eigenvalue weighted by Gasteiger charge is 2.07. The Morgan fingerprint density at radius 1 is 1.26 bits per heavy atom. The number of aromatic hydroxyl groups is 1. The van der Waals surface area contributed by atoms with Gasteiger partial charge in [0.2, 0.25) is 0 Å². The Labute approximate surface area is 117 Å². The van der Waals surface area contributed by atoms with Crippen molar-refractivity contribution in [3.8, 4) is 11.8 Å². The summed E-state index contributed by atoms with van der Waals surface area (Å²) >= 11 is 5.89. The van der Waals surface area contributed by atoms with Crippen molar-refractivity contribution in [2.24, 2.45) is 0 Å². The second-order valence-corrected chi connectivity index (χ2v) is 4.67. The molecule has 0 saturated carbocycles. The predicted molar refractivity (Wildman–Crippen MR) is 76.3 cm³/mol. The van der Waals surface area contributed by atoms with E-state index in [-0.39, 0.29) is 11.8 Å². The monoisotopic (exact) mass is 272 g/mol. The summed E-state index contributed by atoms with van der Waals surface area (Å²) in [5.41, 5.74) is 2.22. The van der Waals surface area contributed by atoms with Crippen LogP contribution in [0.5, 0.6) is 5.75 Å². The Kier molecular flexibility index (Phi) is 3.94. The molecule has 3 nitrogen and oxygen atoms in total. The lowest BCUT2D eigenvalue weighted by Crippen LogP contribution is -2.06. The minimum absolute atomic E-state index is 0.0137. The minimum Gasteiger partial charge on any atom is -0.508 e. The van der Waals surface area contributed by atoms with Crippen LogP contribution in [-0.4, -0.2) is 5.11 Å². The number of halogens is 1. The second kappa shape index (κ2) is 5.64. The SMILES string of the molecule is CC(Nc1ccc(Cl)c(C#N)c1)c1cccc(O)c1. The maximum Gasteiger partial charge on any atom is 0.115 e. The number of nitriles is 1. The van der Waals surface area contributed by atoms with Gasteiger partial charge in [0.05, 0.1) is 10.6 Å². The van der Waals surface area contributed by atoms with Crippen LogP contribution in [0.25, 0.3) is 0 Å². The first-order valence-electron chi connectivity index (χ1n) is 5.85. The maximum absolute atomic E-state index is 9.46. The van der Waals surface area contributed by atoms with Crippen molar-refractivity contribution in [3.63, 3.8) is 0 Å². The van der Waals surface area contributed by atoms with Crippen molar-refractivity contribution >= 4 is 17.3 Å². The van der Waals surface area contributed by atoms with Crippen LogP contribution in [0, 0.1) is 11.3 Å². The fourth-order valence-corrected chi connectivity index (χ4v) is 1.99. The van der Waals surface area contributed by atoms with Crippen molar-refractivity contribution < 1.29 is 5.11 Å². The van der Waals surface area contributed by atoms with Gasteiger partial charge < -0.3 is 10.4 Å². The molecule has 1 unspecified atom stereocenters. The summed E-state index contributed by atoms with van der Waals surface area (Å²) in [4.78, 5) is 0. The van der Waals surface area contributed by atoms with E-state index < -0.39 is 0 Å². The molecule has 0 aliphatic rings. The zero-order chi connectivity index (χ0) is 13.8. The molecule has 96 valence electrons. The summed E-state index contributed by atoms with van der Waals surface area (Å²) in [7, 11) is 0. The molecule has 0 radical (unpaired) electrons. The smallest absolute Gasteiger partial charge is 0.115 e. The van der Waals surface area contributed by atoms with Crippen molar-refractivity contribution in [1.82, 2.24) is 0 Å². The average Bonchev–Trinajstić information content (AvgIpc) is 2.41. The van der Waals surface area contributed by atoms with E-state index >= 15 is 0 Å². The van der Waals surface area contributed by atoms with Crippen molar-refractivity contribution in [2.75, 3.05) is 5.32 Å². The number of nitrogens with zero attached hydrogens (tertiary/aromatic N) is 1. The number of hydrogen-bond acceptors (Lipinski definition) is 3. The van der Waals surface area contributed by atoms with Crippen LogP contribution in [-0.2, 0) is 0 Å². The highest BCUT2D eigenvalue weighted by molar-refractivity contribution is 6.31. The molecule has 2 aromatic carbocycles. The molecule has 0 bridgehead atoms. The molecular formula is C15H13ClN2O. The summed E-state index contributed by atoms with van der Waals surface area (Å²) in [5.74, 6) is 0.236. The number of hydrogen-bond donors (Lipinski definition) is 2. The van der Waals surface area contributed by atoms with Crippen molar-refractivity contribution in [3.05, 3.63) is 58.6 Å². The largest absolute Gasteiger partial charge is 0.508 e. The van der Waals surface area contributed by atoms with Crippen LogP contribution in [0.15, 0.2) is 42.5 Å². The number of rotatable bonds is 3. The van der Waals surface area contributed by atoms with Crippen LogP contribution in [0.4, 0.5) is 5.69 Å². The van der Waals surface area contributed by atoms with E-state index in [1.165, 1.54) is 0 Å². The van der Waals surface area contributed by atoms with E-state index in [4.69, 9.17) is 16.9 Å². The Bertz CT molecular complexity index is 634. The van der Waals surface area contributed by atoms with Gasteiger partial charge in [-0.3, -0.25) is 0 Å². The van der Waals surface area contributed by atoms with Gasteiger partial charge in [-0.2, -0.15) is 5.26 Å². The van der Waals surface area contributed by atoms with E-state index in [0.717, 1.165) is 11.3 Å². The molecule has 0 aliphatic carbocycles. The summed E-state index contributed by atoms with van der Waals surface area (Å²) in [6.07, 6.45) is 0. The van der Waals surface area contributed by atoms with E-state index in [1.54, 1.807) is 30.3 Å². The molecule has 0 saturated heterocycles. The van der Waals surface area contributed by atoms with Crippen LogP contribution < -0.4 is 5.32 Å².